The first kappa shape index (κ1) is 41.9. The summed E-state index contributed by atoms with van der Waals surface area (Å²) in [5, 5.41) is 3.97. The summed E-state index contributed by atoms with van der Waals surface area (Å²) in [6.07, 6.45) is 0. The van der Waals surface area contributed by atoms with Crippen LogP contribution in [-0.2, 0) is 30.4 Å². The minimum absolute atomic E-state index is 0. The van der Waals surface area contributed by atoms with E-state index in [2.05, 4.69) is 10.3 Å². The molecule has 12 nitrogen and oxygen atoms in total. The summed E-state index contributed by atoms with van der Waals surface area (Å²) in [4.78, 5) is 3.53. The first-order valence-corrected chi connectivity index (χ1v) is 19.1. The molecule has 1 aliphatic carbocycles. The maximum Gasteiger partial charge on any atom is 1.00 e. The summed E-state index contributed by atoms with van der Waals surface area (Å²) in [6, 6.07) is 21.2. The fraction of sp³-hybridized carbons (Fsp3) is 0.114. The molecule has 0 atom stereocenters. The van der Waals surface area contributed by atoms with Crippen molar-refractivity contribution in [3.05, 3.63) is 113 Å². The molecule has 0 fully saturated rings. The largest absolute Gasteiger partial charge is 1.00 e. The SMILES string of the molecule is Cc1ccc(S(=O)(=O)[O-])c(C)c1N=c1ccc2c(-c3ccccc3S(=O)(=O)O)c3ccc(Nc4c(C)ccc(S(=O)(=O)[O-])c4C)cc3oc-2c1.[Na+].[Na+]. The molecule has 4 aromatic rings. The van der Waals surface area contributed by atoms with E-state index in [-0.39, 0.29) is 103 Å². The zero-order chi connectivity index (χ0) is 36.3. The molecule has 0 unspecified atom stereocenters. The van der Waals surface area contributed by atoms with E-state index < -0.39 is 35.2 Å². The van der Waals surface area contributed by atoms with Crippen LogP contribution in [0.2, 0.25) is 0 Å². The molecule has 0 bridgehead atoms. The van der Waals surface area contributed by atoms with Crippen LogP contribution in [0.1, 0.15) is 22.3 Å². The van der Waals surface area contributed by atoms with E-state index in [1.54, 1.807) is 62.4 Å². The molecule has 0 spiro atoms. The molecule has 0 saturated carbocycles. The molecule has 4 aromatic carbocycles. The van der Waals surface area contributed by atoms with E-state index in [1.165, 1.54) is 50.2 Å². The molecular formula is C35H28N2Na2O10S3. The van der Waals surface area contributed by atoms with Crippen molar-refractivity contribution in [3.63, 3.8) is 0 Å². The van der Waals surface area contributed by atoms with Gasteiger partial charge < -0.3 is 18.8 Å². The average molecular weight is 779 g/mol. The van der Waals surface area contributed by atoms with Gasteiger partial charge in [-0.05, 0) is 92.4 Å². The molecule has 17 heteroatoms. The number of nitrogens with one attached hydrogen (secondary N) is 1. The summed E-state index contributed by atoms with van der Waals surface area (Å²) < 4.78 is 113. The fourth-order valence-electron chi connectivity index (χ4n) is 6.04. The number of nitrogens with zero attached hydrogens (tertiary/aromatic N) is 1. The van der Waals surface area contributed by atoms with Crippen LogP contribution in [-0.4, -0.2) is 38.9 Å². The second-order valence-corrected chi connectivity index (χ2v) is 15.8. The third-order valence-corrected chi connectivity index (χ3v) is 11.3. The van der Waals surface area contributed by atoms with Gasteiger partial charge in [-0.15, -0.1) is 0 Å². The Bertz CT molecular complexity index is 2770. The molecular weight excluding hydrogens is 751 g/mol. The van der Waals surface area contributed by atoms with Crippen LogP contribution < -0.4 is 69.8 Å². The van der Waals surface area contributed by atoms with E-state index in [1.807, 2.05) is 0 Å². The number of hydrogen-bond donors (Lipinski definition) is 2. The molecule has 0 saturated heterocycles. The molecule has 1 heterocycles. The zero-order valence-corrected chi connectivity index (χ0v) is 35.3. The maximum absolute atomic E-state index is 12.5. The number of aryl methyl sites for hydroxylation is 2. The van der Waals surface area contributed by atoms with Crippen molar-refractivity contribution in [3.8, 4) is 22.5 Å². The molecule has 2 N–H and O–H groups in total. The first-order chi connectivity index (χ1) is 23.3. The number of fused-ring (bicyclic) bond motifs is 2. The van der Waals surface area contributed by atoms with Gasteiger partial charge in [-0.3, -0.25) is 4.55 Å². The van der Waals surface area contributed by atoms with E-state index in [0.29, 0.717) is 44.4 Å². The predicted molar refractivity (Wildman–Crippen MR) is 184 cm³/mol. The molecule has 258 valence electrons. The Morgan fingerprint density at radius 3 is 1.92 bits per heavy atom. The predicted octanol–water partition coefficient (Wildman–Crippen LogP) is 0.477. The van der Waals surface area contributed by atoms with Crippen molar-refractivity contribution in [1.29, 1.82) is 0 Å². The van der Waals surface area contributed by atoms with Gasteiger partial charge in [0.2, 0.25) is 0 Å². The van der Waals surface area contributed by atoms with Crippen molar-refractivity contribution in [1.82, 2.24) is 0 Å². The van der Waals surface area contributed by atoms with Crippen LogP contribution in [0.3, 0.4) is 0 Å². The van der Waals surface area contributed by atoms with Gasteiger partial charge in [-0.1, -0.05) is 30.3 Å². The Labute approximate surface area is 345 Å². The van der Waals surface area contributed by atoms with Gasteiger partial charge in [0.1, 0.15) is 36.5 Å². The van der Waals surface area contributed by atoms with Crippen LogP contribution in [0.5, 0.6) is 0 Å². The van der Waals surface area contributed by atoms with Crippen LogP contribution in [0, 0.1) is 27.7 Å². The molecule has 0 aromatic heterocycles. The van der Waals surface area contributed by atoms with Gasteiger partial charge in [-0.2, -0.15) is 8.42 Å². The van der Waals surface area contributed by atoms with Crippen molar-refractivity contribution in [2.75, 3.05) is 5.32 Å². The van der Waals surface area contributed by atoms with Gasteiger partial charge in [-0.25, -0.2) is 21.8 Å². The molecule has 52 heavy (non-hydrogen) atoms. The maximum atomic E-state index is 12.5. The van der Waals surface area contributed by atoms with E-state index >= 15 is 0 Å². The van der Waals surface area contributed by atoms with Gasteiger partial charge in [0.05, 0.1) is 20.8 Å². The van der Waals surface area contributed by atoms with Crippen molar-refractivity contribution >= 4 is 58.4 Å². The van der Waals surface area contributed by atoms with Crippen LogP contribution in [0.4, 0.5) is 17.1 Å². The standard InChI is InChI=1S/C35H30N2O10S3.2Na/c1-19-9-15-30(48(38,39)40)21(3)34(19)36-23-11-13-25-28(17-23)47-29-18-24(37-35-20(2)10-16-31(22(35)4)49(41,42)43)12-14-26(29)33(25)27-7-5-6-8-32(27)50(44,45)46;;/h5-18,36H,1-4H3,(H,38,39,40)(H,41,42,43)(H,44,45,46);;/q;2*+1/p-2. The number of benzene rings is 5. The fourth-order valence-corrected chi connectivity index (χ4v) is 8.16. The third kappa shape index (κ3) is 8.26. The third-order valence-electron chi connectivity index (χ3n) is 8.40. The summed E-state index contributed by atoms with van der Waals surface area (Å²) in [7, 11) is -14.2. The average Bonchev–Trinajstić information content (AvgIpc) is 3.02. The Morgan fingerprint density at radius 2 is 1.29 bits per heavy atom. The van der Waals surface area contributed by atoms with Crippen molar-refractivity contribution in [2.45, 2.75) is 42.4 Å². The smallest absolute Gasteiger partial charge is 0.744 e. The summed E-state index contributed by atoms with van der Waals surface area (Å²) in [6.45, 7) is 6.47. The van der Waals surface area contributed by atoms with Crippen LogP contribution in [0.25, 0.3) is 33.4 Å². The van der Waals surface area contributed by atoms with Gasteiger partial charge in [0.25, 0.3) is 10.1 Å². The Morgan fingerprint density at radius 1 is 0.673 bits per heavy atom. The van der Waals surface area contributed by atoms with Gasteiger partial charge >= 0.3 is 59.1 Å². The Balaban J connectivity index is 0.00000302. The Hall–Kier alpha value is -2.90. The minimum atomic E-state index is -4.77. The molecule has 0 amide bonds. The van der Waals surface area contributed by atoms with E-state index in [9.17, 15) is 38.9 Å². The topological polar surface area (TPSA) is 206 Å². The first-order valence-electron chi connectivity index (χ1n) is 14.9. The van der Waals surface area contributed by atoms with Crippen molar-refractivity contribution < 1.29 is 102 Å². The normalized spacial score (nSPS) is 12.4. The monoisotopic (exact) mass is 778 g/mol. The Kier molecular flexibility index (Phi) is 12.4. The van der Waals surface area contributed by atoms with E-state index in [4.69, 9.17) is 4.42 Å². The summed E-state index contributed by atoms with van der Waals surface area (Å²) in [5.74, 6) is 0.241. The zero-order valence-electron chi connectivity index (χ0n) is 28.9. The van der Waals surface area contributed by atoms with Crippen LogP contribution >= 0.6 is 0 Å². The minimum Gasteiger partial charge on any atom is -0.744 e. The molecule has 2 aliphatic rings. The summed E-state index contributed by atoms with van der Waals surface area (Å²) in [5.41, 5.74) is 4.11. The quantitative estimate of drug-likeness (QED) is 0.130. The number of rotatable bonds is 7. The molecule has 6 rings (SSSR count). The number of hydrogen-bond acceptors (Lipinski definition) is 11. The number of anilines is 2. The second-order valence-electron chi connectivity index (χ2n) is 11.7. The second kappa shape index (κ2) is 15.5. The van der Waals surface area contributed by atoms with Crippen molar-refractivity contribution in [2.24, 2.45) is 4.99 Å². The van der Waals surface area contributed by atoms with Gasteiger partial charge in [0.15, 0.2) is 0 Å². The van der Waals surface area contributed by atoms with E-state index in [0.717, 1.165) is 0 Å². The van der Waals surface area contributed by atoms with Crippen LogP contribution in [0.15, 0.2) is 109 Å². The summed E-state index contributed by atoms with van der Waals surface area (Å²) >= 11 is 0. The molecule has 1 aliphatic heterocycles. The van der Waals surface area contributed by atoms with Gasteiger partial charge in [0, 0.05) is 45.6 Å². The molecule has 0 radical (unpaired) electrons.